The Morgan fingerprint density at radius 1 is 0.895 bits per heavy atom. The molecule has 2 aromatic carbocycles. The lowest BCUT2D eigenvalue weighted by Crippen LogP contribution is -2.12. The molecule has 0 heterocycles. The van der Waals surface area contributed by atoms with Crippen molar-refractivity contribution in [3.8, 4) is 0 Å². The molecule has 0 unspecified atom stereocenters. The van der Waals surface area contributed by atoms with E-state index in [1.165, 1.54) is 0 Å². The fraction of sp³-hybridized carbons (Fsp3) is 0. The van der Waals surface area contributed by atoms with Gasteiger partial charge in [0, 0.05) is 23.5 Å². The zero-order valence-corrected chi connectivity index (χ0v) is 15.7. The Morgan fingerprint density at radius 3 is 1.95 bits per heavy atom. The summed E-state index contributed by atoms with van der Waals surface area (Å²) in [6.07, 6.45) is 0. The smallest absolute Gasteiger partial charge is 0.255 e. The third-order valence-corrected chi connectivity index (χ3v) is 4.56. The Labute approximate surface area is 144 Å². The highest BCUT2D eigenvalue weighted by Crippen LogP contribution is 2.31. The average molecular weight is 513 g/mol. The fourth-order valence-electron chi connectivity index (χ4n) is 1.49. The van der Waals surface area contributed by atoms with Crippen LogP contribution in [0, 0.1) is 0 Å². The Morgan fingerprint density at radius 2 is 1.42 bits per heavy atom. The quantitative estimate of drug-likeness (QED) is 0.526. The normalized spacial score (nSPS) is 10.3. The van der Waals surface area contributed by atoms with E-state index in [1.807, 2.05) is 24.3 Å². The van der Waals surface area contributed by atoms with Crippen molar-refractivity contribution in [1.82, 2.24) is 0 Å². The van der Waals surface area contributed by atoms with Gasteiger partial charge in [-0.05, 0) is 62.2 Å². The van der Waals surface area contributed by atoms with Crippen molar-refractivity contribution >= 4 is 75.3 Å². The number of carbonyl (C=O) groups is 1. The third kappa shape index (κ3) is 3.90. The van der Waals surface area contributed by atoms with E-state index in [0.29, 0.717) is 11.3 Å². The summed E-state index contributed by atoms with van der Waals surface area (Å²) in [4.78, 5) is 12.2. The molecule has 0 radical (unpaired) electrons. The summed E-state index contributed by atoms with van der Waals surface area (Å²) in [6, 6.07) is 11.1. The third-order valence-electron chi connectivity index (χ3n) is 2.33. The van der Waals surface area contributed by atoms with Crippen LogP contribution in [0.3, 0.4) is 0 Å². The molecule has 6 heteroatoms. The van der Waals surface area contributed by atoms with Gasteiger partial charge in [-0.2, -0.15) is 0 Å². The number of para-hydroxylation sites is 1. The predicted molar refractivity (Wildman–Crippen MR) is 91.6 cm³/mol. The summed E-state index contributed by atoms with van der Waals surface area (Å²) >= 11 is 13.6. The maximum atomic E-state index is 12.2. The van der Waals surface area contributed by atoms with E-state index < -0.39 is 0 Å². The molecule has 0 atom stereocenters. The zero-order valence-electron chi connectivity index (χ0n) is 9.38. The first-order valence-electron chi connectivity index (χ1n) is 5.19. The minimum Gasteiger partial charge on any atom is -0.320 e. The van der Waals surface area contributed by atoms with Gasteiger partial charge >= 0.3 is 0 Å². The highest BCUT2D eigenvalue weighted by molar-refractivity contribution is 9.11. The molecule has 0 aliphatic rings. The molecule has 0 spiro atoms. The second-order valence-corrected chi connectivity index (χ2v) is 7.25. The van der Waals surface area contributed by atoms with Gasteiger partial charge in [0.25, 0.3) is 5.91 Å². The molecule has 0 saturated heterocycles. The first kappa shape index (κ1) is 15.2. The molecule has 0 saturated carbocycles. The van der Waals surface area contributed by atoms with Crippen LogP contribution in [0.4, 0.5) is 5.69 Å². The van der Waals surface area contributed by atoms with Crippen molar-refractivity contribution in [2.45, 2.75) is 0 Å². The summed E-state index contributed by atoms with van der Waals surface area (Å²) in [5.41, 5.74) is 1.28. The monoisotopic (exact) mass is 509 g/mol. The molecule has 2 rings (SSSR count). The molecule has 0 aliphatic heterocycles. The van der Waals surface area contributed by atoms with E-state index >= 15 is 0 Å². The standard InChI is InChI=1S/C13H7Br4NO/c14-8-4-7(5-9(15)6-8)13(19)18-12-10(16)2-1-3-11(12)17/h1-6H,(H,18,19). The number of halogens is 4. The maximum Gasteiger partial charge on any atom is 0.255 e. The van der Waals surface area contributed by atoms with Gasteiger partial charge in [0.1, 0.15) is 0 Å². The van der Waals surface area contributed by atoms with Gasteiger partial charge in [0.05, 0.1) is 5.69 Å². The molecule has 98 valence electrons. The van der Waals surface area contributed by atoms with Crippen molar-refractivity contribution in [3.05, 3.63) is 59.9 Å². The summed E-state index contributed by atoms with van der Waals surface area (Å²) in [5, 5.41) is 2.87. The number of hydrogen-bond donors (Lipinski definition) is 1. The maximum absolute atomic E-state index is 12.2. The van der Waals surface area contributed by atoms with Crippen molar-refractivity contribution in [1.29, 1.82) is 0 Å². The van der Waals surface area contributed by atoms with Crippen molar-refractivity contribution < 1.29 is 4.79 Å². The lowest BCUT2D eigenvalue weighted by atomic mass is 10.2. The largest absolute Gasteiger partial charge is 0.320 e. The number of rotatable bonds is 2. The van der Waals surface area contributed by atoms with E-state index in [-0.39, 0.29) is 5.91 Å². The fourth-order valence-corrected chi connectivity index (χ4v) is 3.98. The zero-order chi connectivity index (χ0) is 14.0. The molecular formula is C13H7Br4NO. The molecule has 0 bridgehead atoms. The van der Waals surface area contributed by atoms with Gasteiger partial charge in [-0.25, -0.2) is 0 Å². The average Bonchev–Trinajstić information content (AvgIpc) is 2.32. The van der Waals surface area contributed by atoms with Crippen molar-refractivity contribution in [2.24, 2.45) is 0 Å². The second kappa shape index (κ2) is 6.52. The van der Waals surface area contributed by atoms with Crippen LogP contribution in [-0.2, 0) is 0 Å². The minimum absolute atomic E-state index is 0.172. The van der Waals surface area contributed by atoms with Gasteiger partial charge in [0.15, 0.2) is 0 Å². The van der Waals surface area contributed by atoms with Gasteiger partial charge in [-0.3, -0.25) is 4.79 Å². The van der Waals surface area contributed by atoms with Gasteiger partial charge in [0.2, 0.25) is 0 Å². The van der Waals surface area contributed by atoms with Crippen LogP contribution in [0.1, 0.15) is 10.4 Å². The summed E-state index contributed by atoms with van der Waals surface area (Å²) < 4.78 is 3.34. The van der Waals surface area contributed by atoms with Crippen LogP contribution in [0.15, 0.2) is 54.3 Å². The van der Waals surface area contributed by atoms with E-state index in [4.69, 9.17) is 0 Å². The number of benzene rings is 2. The van der Waals surface area contributed by atoms with Crippen LogP contribution in [-0.4, -0.2) is 5.91 Å². The Balaban J connectivity index is 2.31. The number of amides is 1. The first-order chi connectivity index (χ1) is 8.97. The van der Waals surface area contributed by atoms with E-state index in [0.717, 1.165) is 17.9 Å². The Bertz CT molecular complexity index is 602. The topological polar surface area (TPSA) is 29.1 Å². The summed E-state index contributed by atoms with van der Waals surface area (Å²) in [7, 11) is 0. The molecular weight excluding hydrogens is 506 g/mol. The lowest BCUT2D eigenvalue weighted by molar-refractivity contribution is 0.102. The number of hydrogen-bond acceptors (Lipinski definition) is 1. The highest BCUT2D eigenvalue weighted by atomic mass is 79.9. The number of carbonyl (C=O) groups excluding carboxylic acids is 1. The van der Waals surface area contributed by atoms with Crippen molar-refractivity contribution in [3.63, 3.8) is 0 Å². The number of nitrogens with one attached hydrogen (secondary N) is 1. The van der Waals surface area contributed by atoms with Gasteiger partial charge in [-0.15, -0.1) is 0 Å². The minimum atomic E-state index is -0.172. The first-order valence-corrected chi connectivity index (χ1v) is 8.36. The summed E-state index contributed by atoms with van der Waals surface area (Å²) in [6.45, 7) is 0. The molecule has 1 amide bonds. The van der Waals surface area contributed by atoms with Crippen molar-refractivity contribution in [2.75, 3.05) is 5.32 Å². The Kier molecular flexibility index (Phi) is 5.22. The van der Waals surface area contributed by atoms with Crippen LogP contribution in [0.5, 0.6) is 0 Å². The molecule has 0 fully saturated rings. The predicted octanol–water partition coefficient (Wildman–Crippen LogP) is 5.99. The van der Waals surface area contributed by atoms with Crippen LogP contribution in [0.2, 0.25) is 0 Å². The van der Waals surface area contributed by atoms with Gasteiger partial charge < -0.3 is 5.32 Å². The molecule has 2 aromatic rings. The molecule has 19 heavy (non-hydrogen) atoms. The second-order valence-electron chi connectivity index (χ2n) is 3.71. The van der Waals surface area contributed by atoms with Gasteiger partial charge in [-0.1, -0.05) is 37.9 Å². The number of anilines is 1. The molecule has 1 N–H and O–H groups in total. The van der Waals surface area contributed by atoms with E-state index in [1.54, 1.807) is 12.1 Å². The van der Waals surface area contributed by atoms with Crippen LogP contribution < -0.4 is 5.32 Å². The molecule has 0 aliphatic carbocycles. The lowest BCUT2D eigenvalue weighted by Gasteiger charge is -2.10. The molecule has 0 aromatic heterocycles. The highest BCUT2D eigenvalue weighted by Gasteiger charge is 2.12. The summed E-state index contributed by atoms with van der Waals surface area (Å²) in [5.74, 6) is -0.172. The van der Waals surface area contributed by atoms with Crippen LogP contribution >= 0.6 is 63.7 Å². The van der Waals surface area contributed by atoms with E-state index in [2.05, 4.69) is 69.0 Å². The Hall–Kier alpha value is -0.170. The SMILES string of the molecule is O=C(Nc1c(Br)cccc1Br)c1cc(Br)cc(Br)c1. The molecule has 2 nitrogen and oxygen atoms in total. The van der Waals surface area contributed by atoms with E-state index in [9.17, 15) is 4.79 Å². The van der Waals surface area contributed by atoms with Crippen LogP contribution in [0.25, 0.3) is 0 Å².